The number of carbonyl (C=O) groups excluding carboxylic acids is 1. The predicted molar refractivity (Wildman–Crippen MR) is 131 cm³/mol. The molecule has 2 aromatic rings. The fourth-order valence-electron chi connectivity index (χ4n) is 4.44. The van der Waals surface area contributed by atoms with Crippen LogP contribution >= 0.6 is 23.4 Å². The van der Waals surface area contributed by atoms with Gasteiger partial charge in [0.05, 0.1) is 17.4 Å². The quantitative estimate of drug-likeness (QED) is 0.561. The van der Waals surface area contributed by atoms with Gasteiger partial charge in [0.1, 0.15) is 5.69 Å². The van der Waals surface area contributed by atoms with Crippen molar-refractivity contribution in [1.29, 1.82) is 0 Å². The second kappa shape index (κ2) is 10.9. The summed E-state index contributed by atoms with van der Waals surface area (Å²) in [5.41, 5.74) is 6.00. The SMILES string of the molecule is NC(CCCCN1CCN(c2cc(C(F)(F)F)nc3ccc(Cl)cc23)CC1)C(=O)N1CCSC1. The first-order valence-corrected chi connectivity index (χ1v) is 13.0. The van der Waals surface area contributed by atoms with Crippen molar-refractivity contribution in [2.75, 3.05) is 55.8 Å². The van der Waals surface area contributed by atoms with Crippen LogP contribution in [0.1, 0.15) is 25.0 Å². The number of alkyl halides is 3. The lowest BCUT2D eigenvalue weighted by atomic mass is 10.1. The molecule has 0 saturated carbocycles. The molecule has 34 heavy (non-hydrogen) atoms. The number of amides is 1. The average Bonchev–Trinajstić information content (AvgIpc) is 3.35. The molecule has 1 atom stereocenters. The molecule has 186 valence electrons. The number of aromatic nitrogens is 1. The number of fused-ring (bicyclic) bond motifs is 1. The lowest BCUT2D eigenvalue weighted by Gasteiger charge is -2.37. The molecule has 2 fully saturated rings. The molecule has 1 aromatic heterocycles. The maximum atomic E-state index is 13.4. The van der Waals surface area contributed by atoms with Crippen molar-refractivity contribution in [1.82, 2.24) is 14.8 Å². The minimum Gasteiger partial charge on any atom is -0.368 e. The number of nitrogens with two attached hydrogens (primary N) is 1. The lowest BCUT2D eigenvalue weighted by Crippen LogP contribution is -2.47. The summed E-state index contributed by atoms with van der Waals surface area (Å²) in [5, 5.41) is 1.10. The van der Waals surface area contributed by atoms with Crippen LogP contribution in [-0.4, -0.2) is 77.6 Å². The van der Waals surface area contributed by atoms with Gasteiger partial charge in [0.25, 0.3) is 0 Å². The van der Waals surface area contributed by atoms with Gasteiger partial charge in [-0.2, -0.15) is 13.2 Å². The van der Waals surface area contributed by atoms with E-state index < -0.39 is 17.9 Å². The Morgan fingerprint density at radius 2 is 1.91 bits per heavy atom. The molecule has 0 bridgehead atoms. The Hall–Kier alpha value is -1.75. The van der Waals surface area contributed by atoms with E-state index >= 15 is 0 Å². The van der Waals surface area contributed by atoms with Gasteiger partial charge in [-0.05, 0) is 43.7 Å². The summed E-state index contributed by atoms with van der Waals surface area (Å²) in [6, 6.07) is 5.46. The minimum atomic E-state index is -4.51. The van der Waals surface area contributed by atoms with Gasteiger partial charge >= 0.3 is 6.18 Å². The van der Waals surface area contributed by atoms with Crippen LogP contribution in [0.5, 0.6) is 0 Å². The number of rotatable bonds is 7. The molecule has 3 heterocycles. The first kappa shape index (κ1) is 25.3. The molecule has 1 amide bonds. The molecule has 1 aromatic carbocycles. The van der Waals surface area contributed by atoms with Crippen LogP contribution in [0.4, 0.5) is 18.9 Å². The molecule has 0 aliphatic carbocycles. The van der Waals surface area contributed by atoms with Crippen molar-refractivity contribution in [3.05, 3.63) is 35.0 Å². The van der Waals surface area contributed by atoms with E-state index in [1.165, 1.54) is 6.07 Å². The first-order chi connectivity index (χ1) is 16.2. The largest absolute Gasteiger partial charge is 0.433 e. The van der Waals surface area contributed by atoms with Crippen LogP contribution in [0, 0.1) is 0 Å². The van der Waals surface area contributed by atoms with Gasteiger partial charge in [0, 0.05) is 54.6 Å². The monoisotopic (exact) mass is 515 g/mol. The van der Waals surface area contributed by atoms with E-state index in [2.05, 4.69) is 9.88 Å². The van der Waals surface area contributed by atoms with E-state index in [1.807, 2.05) is 9.80 Å². The number of hydrogen-bond donors (Lipinski definition) is 1. The number of unbranched alkanes of at least 4 members (excludes halogenated alkanes) is 1. The molecule has 4 rings (SSSR count). The highest BCUT2D eigenvalue weighted by molar-refractivity contribution is 7.99. The molecule has 1 unspecified atom stereocenters. The first-order valence-electron chi connectivity index (χ1n) is 11.5. The summed E-state index contributed by atoms with van der Waals surface area (Å²) in [4.78, 5) is 22.2. The van der Waals surface area contributed by atoms with Gasteiger partial charge in [-0.1, -0.05) is 18.0 Å². The van der Waals surface area contributed by atoms with Gasteiger partial charge in [0.15, 0.2) is 0 Å². The van der Waals surface area contributed by atoms with Crippen molar-refractivity contribution in [2.24, 2.45) is 5.73 Å². The zero-order valence-corrected chi connectivity index (χ0v) is 20.4. The number of benzene rings is 1. The zero-order chi connectivity index (χ0) is 24.3. The summed E-state index contributed by atoms with van der Waals surface area (Å²) in [6.07, 6.45) is -2.04. The minimum absolute atomic E-state index is 0.0431. The van der Waals surface area contributed by atoms with Crippen LogP contribution in [0.2, 0.25) is 5.02 Å². The fraction of sp³-hybridized carbons (Fsp3) is 0.565. The number of piperazine rings is 1. The standard InChI is InChI=1S/C23H29ClF3N5OS/c24-16-4-5-19-17(13-16)20(14-21(29-19)23(25,26)27)31-9-7-30(8-10-31)6-2-1-3-18(28)22(33)32-11-12-34-15-32/h4-5,13-14,18H,1-3,6-12,15,28H2. The highest BCUT2D eigenvalue weighted by atomic mass is 35.5. The van der Waals surface area contributed by atoms with Crippen LogP contribution in [-0.2, 0) is 11.0 Å². The number of anilines is 1. The summed E-state index contributed by atoms with van der Waals surface area (Å²) in [7, 11) is 0. The van der Waals surface area contributed by atoms with Gasteiger partial charge in [-0.15, -0.1) is 11.8 Å². The second-order valence-electron chi connectivity index (χ2n) is 8.76. The summed E-state index contributed by atoms with van der Waals surface area (Å²) >= 11 is 7.87. The molecule has 0 radical (unpaired) electrons. The Kier molecular flexibility index (Phi) is 8.12. The van der Waals surface area contributed by atoms with Crippen LogP contribution in [0.25, 0.3) is 10.9 Å². The molecule has 6 nitrogen and oxygen atoms in total. The summed E-state index contributed by atoms with van der Waals surface area (Å²) < 4.78 is 40.3. The van der Waals surface area contributed by atoms with Crippen molar-refractivity contribution in [3.63, 3.8) is 0 Å². The highest BCUT2D eigenvalue weighted by Crippen LogP contribution is 2.36. The summed E-state index contributed by atoms with van der Waals surface area (Å²) in [5.74, 6) is 1.76. The van der Waals surface area contributed by atoms with Crippen molar-refractivity contribution in [3.8, 4) is 0 Å². The highest BCUT2D eigenvalue weighted by Gasteiger charge is 2.34. The van der Waals surface area contributed by atoms with Crippen LogP contribution < -0.4 is 10.6 Å². The molecular weight excluding hydrogens is 487 g/mol. The number of halogens is 4. The maximum absolute atomic E-state index is 13.4. The fourth-order valence-corrected chi connectivity index (χ4v) is 5.57. The zero-order valence-electron chi connectivity index (χ0n) is 18.9. The van der Waals surface area contributed by atoms with Crippen molar-refractivity contribution in [2.45, 2.75) is 31.5 Å². The van der Waals surface area contributed by atoms with Crippen molar-refractivity contribution >= 4 is 45.9 Å². The van der Waals surface area contributed by atoms with Crippen LogP contribution in [0.3, 0.4) is 0 Å². The topological polar surface area (TPSA) is 65.7 Å². The molecule has 0 spiro atoms. The molecule has 2 saturated heterocycles. The van der Waals surface area contributed by atoms with E-state index in [0.29, 0.717) is 35.6 Å². The van der Waals surface area contributed by atoms with Gasteiger partial charge < -0.3 is 15.5 Å². The normalized spacial score (nSPS) is 18.6. The number of pyridine rings is 1. The maximum Gasteiger partial charge on any atom is 0.433 e. The molecule has 11 heteroatoms. The Bertz CT molecular complexity index is 1010. The average molecular weight is 516 g/mol. The van der Waals surface area contributed by atoms with E-state index in [-0.39, 0.29) is 11.4 Å². The molecule has 2 aliphatic rings. The number of hydrogen-bond acceptors (Lipinski definition) is 6. The smallest absolute Gasteiger partial charge is 0.368 e. The van der Waals surface area contributed by atoms with E-state index in [0.717, 1.165) is 56.7 Å². The third kappa shape index (κ3) is 6.08. The van der Waals surface area contributed by atoms with Crippen molar-refractivity contribution < 1.29 is 18.0 Å². The number of carbonyl (C=O) groups is 1. The van der Waals surface area contributed by atoms with E-state index in [4.69, 9.17) is 17.3 Å². The second-order valence-corrected chi connectivity index (χ2v) is 10.3. The number of nitrogens with zero attached hydrogens (tertiary/aromatic N) is 4. The predicted octanol–water partition coefficient (Wildman–Crippen LogP) is 4.06. The number of thioether (sulfide) groups is 1. The Morgan fingerprint density at radius 3 is 2.59 bits per heavy atom. The third-order valence-electron chi connectivity index (χ3n) is 6.37. The molecule has 2 N–H and O–H groups in total. The Balaban J connectivity index is 1.30. The van der Waals surface area contributed by atoms with Gasteiger partial charge in [-0.25, -0.2) is 4.98 Å². The van der Waals surface area contributed by atoms with Gasteiger partial charge in [-0.3, -0.25) is 9.69 Å². The summed E-state index contributed by atoms with van der Waals surface area (Å²) in [6.45, 7) is 4.40. The van der Waals surface area contributed by atoms with Crippen LogP contribution in [0.15, 0.2) is 24.3 Å². The van der Waals surface area contributed by atoms with E-state index in [9.17, 15) is 18.0 Å². The molecular formula is C23H29ClF3N5OS. The third-order valence-corrected chi connectivity index (χ3v) is 7.57. The Labute approximate surface area is 206 Å². The Morgan fingerprint density at radius 1 is 1.15 bits per heavy atom. The van der Waals surface area contributed by atoms with Gasteiger partial charge in [0.2, 0.25) is 5.91 Å². The lowest BCUT2D eigenvalue weighted by molar-refractivity contribution is -0.141. The molecule has 2 aliphatic heterocycles. The van der Waals surface area contributed by atoms with E-state index in [1.54, 1.807) is 23.9 Å².